The Morgan fingerprint density at radius 3 is 2.00 bits per heavy atom. The third-order valence-corrected chi connectivity index (χ3v) is 0.102. The molecule has 24 valence electrons. The summed E-state index contributed by atoms with van der Waals surface area (Å²) in [6.45, 7) is 0. The zero-order valence-electron chi connectivity index (χ0n) is 2.99. The van der Waals surface area contributed by atoms with Crippen LogP contribution in [0.1, 0.15) is 0 Å². The van der Waals surface area contributed by atoms with Gasteiger partial charge in [0.2, 0.25) is 0 Å². The summed E-state index contributed by atoms with van der Waals surface area (Å²) in [5.41, 5.74) is 0. The Morgan fingerprint density at radius 1 is 1.80 bits per heavy atom. The Kier molecular flexibility index (Phi) is 16.1. The first kappa shape index (κ1) is 9.13. The summed E-state index contributed by atoms with van der Waals surface area (Å²) in [5.74, 6) is 0. The van der Waals surface area contributed by atoms with E-state index in [1.165, 1.54) is 13.5 Å². The predicted molar refractivity (Wildman–Crippen MR) is 14.8 cm³/mol. The average molecular weight is 147 g/mol. The third kappa shape index (κ3) is 12.2. The second-order valence-corrected chi connectivity index (χ2v) is 0.352. The van der Waals surface area contributed by atoms with Gasteiger partial charge >= 0.3 is 32.7 Å². The fraction of sp³-hybridized carbons (Fsp3) is 0.500. The van der Waals surface area contributed by atoms with Crippen LogP contribution < -0.4 is 5.32 Å². The van der Waals surface area contributed by atoms with E-state index in [2.05, 4.69) is 5.32 Å². The van der Waals surface area contributed by atoms with Crippen molar-refractivity contribution in [2.75, 3.05) is 7.05 Å². The van der Waals surface area contributed by atoms with Crippen LogP contribution in [0.2, 0.25) is 0 Å². The van der Waals surface area contributed by atoms with E-state index in [1.54, 1.807) is 0 Å². The van der Waals surface area contributed by atoms with E-state index in [0.29, 0.717) is 0 Å². The molecule has 0 saturated carbocycles. The predicted octanol–water partition coefficient (Wildman–Crippen LogP) is -0.730. The van der Waals surface area contributed by atoms with Crippen LogP contribution in [-0.2, 0) is 37.5 Å². The molecule has 2 nitrogen and oxygen atoms in total. The van der Waals surface area contributed by atoms with Crippen LogP contribution in [-0.4, -0.2) is 13.5 Å². The first-order valence-electron chi connectivity index (χ1n) is 0.954. The largest absolute Gasteiger partial charge is 3.00 e. The van der Waals surface area contributed by atoms with Crippen molar-refractivity contribution in [3.8, 4) is 0 Å². The molecular formula is C2H4NOY+2. The molecule has 0 fully saturated rings. The maximum Gasteiger partial charge on any atom is 3.00 e. The summed E-state index contributed by atoms with van der Waals surface area (Å²) < 4.78 is 0. The second-order valence-electron chi connectivity index (χ2n) is 0.352. The molecule has 1 amide bonds. The van der Waals surface area contributed by atoms with Gasteiger partial charge in [-0.25, -0.2) is 0 Å². The van der Waals surface area contributed by atoms with Crippen molar-refractivity contribution < 1.29 is 37.5 Å². The van der Waals surface area contributed by atoms with Crippen LogP contribution in [0.15, 0.2) is 0 Å². The van der Waals surface area contributed by atoms with Crippen molar-refractivity contribution in [1.82, 2.24) is 5.32 Å². The zero-order chi connectivity index (χ0) is 3.41. The maximum absolute atomic E-state index is 8.94. The normalized spacial score (nSPS) is 4.20. The standard InChI is InChI=1S/C2H4NO.Y/c1-3-2-4;/h1H3,(H,3,4);/q-1;+3. The Bertz CT molecular complexity index is 23.6. The number of rotatable bonds is 1. The van der Waals surface area contributed by atoms with Crippen molar-refractivity contribution in [3.05, 3.63) is 0 Å². The number of amides is 1. The minimum absolute atomic E-state index is 0. The summed E-state index contributed by atoms with van der Waals surface area (Å²) in [5, 5.41) is 2.12. The van der Waals surface area contributed by atoms with Gasteiger partial charge in [0.25, 0.3) is 0 Å². The minimum atomic E-state index is 0. The van der Waals surface area contributed by atoms with Gasteiger partial charge in [0, 0.05) is 0 Å². The summed E-state index contributed by atoms with van der Waals surface area (Å²) in [6.07, 6.45) is 1.43. The Labute approximate surface area is 56.2 Å². The molecule has 0 aliphatic heterocycles. The van der Waals surface area contributed by atoms with Gasteiger partial charge in [-0.15, -0.1) is 0 Å². The molecular weight excluding hydrogens is 143 g/mol. The third-order valence-electron chi connectivity index (χ3n) is 0.102. The number of nitrogens with one attached hydrogen (secondary N) is 1. The van der Waals surface area contributed by atoms with E-state index in [4.69, 9.17) is 4.79 Å². The molecule has 1 N–H and O–H groups in total. The van der Waals surface area contributed by atoms with Crippen LogP contribution in [0, 0.1) is 0 Å². The van der Waals surface area contributed by atoms with Crippen molar-refractivity contribution in [1.29, 1.82) is 0 Å². The van der Waals surface area contributed by atoms with Gasteiger partial charge in [0.05, 0.1) is 0 Å². The molecule has 5 heavy (non-hydrogen) atoms. The Balaban J connectivity index is 0. The van der Waals surface area contributed by atoms with Gasteiger partial charge in [-0.1, -0.05) is 0 Å². The summed E-state index contributed by atoms with van der Waals surface area (Å²) in [7, 11) is 1.51. The topological polar surface area (TPSA) is 29.1 Å². The van der Waals surface area contributed by atoms with Gasteiger partial charge < -0.3 is 10.1 Å². The first-order chi connectivity index (χ1) is 1.91. The molecule has 0 aromatic carbocycles. The summed E-state index contributed by atoms with van der Waals surface area (Å²) in [4.78, 5) is 8.94. The van der Waals surface area contributed by atoms with Crippen molar-refractivity contribution in [3.63, 3.8) is 0 Å². The Hall–Kier alpha value is 0.574. The number of hydrogen-bond donors (Lipinski definition) is 1. The smallest absolute Gasteiger partial charge is 0.532 e. The van der Waals surface area contributed by atoms with E-state index in [0.717, 1.165) is 0 Å². The fourth-order valence-corrected chi connectivity index (χ4v) is 0. The molecule has 0 rings (SSSR count). The molecule has 0 aromatic heterocycles. The van der Waals surface area contributed by atoms with Gasteiger partial charge in [-0.3, -0.25) is 0 Å². The van der Waals surface area contributed by atoms with E-state index >= 15 is 0 Å². The molecule has 0 spiro atoms. The molecule has 0 radical (unpaired) electrons. The number of carbonyl (C=O) groups excluding carboxylic acids is 1. The van der Waals surface area contributed by atoms with E-state index in [1.807, 2.05) is 0 Å². The van der Waals surface area contributed by atoms with E-state index < -0.39 is 0 Å². The summed E-state index contributed by atoms with van der Waals surface area (Å²) in [6, 6.07) is 0. The molecule has 0 aliphatic rings. The molecule has 0 bridgehead atoms. The molecule has 3 heteroatoms. The SMILES string of the molecule is CN[C-]=O.[Y+3]. The van der Waals surface area contributed by atoms with Gasteiger partial charge in [0.15, 0.2) is 0 Å². The van der Waals surface area contributed by atoms with Crippen LogP contribution >= 0.6 is 0 Å². The van der Waals surface area contributed by atoms with Gasteiger partial charge in [-0.2, -0.15) is 6.41 Å². The minimum Gasteiger partial charge on any atom is -0.532 e. The molecule has 0 heterocycles. The fourth-order valence-electron chi connectivity index (χ4n) is 0. The van der Waals surface area contributed by atoms with Gasteiger partial charge in [0.1, 0.15) is 0 Å². The zero-order valence-corrected chi connectivity index (χ0v) is 5.82. The van der Waals surface area contributed by atoms with Crippen molar-refractivity contribution in [2.24, 2.45) is 0 Å². The van der Waals surface area contributed by atoms with Crippen molar-refractivity contribution in [2.45, 2.75) is 0 Å². The van der Waals surface area contributed by atoms with Crippen LogP contribution in [0.25, 0.3) is 0 Å². The molecule has 0 aliphatic carbocycles. The van der Waals surface area contributed by atoms with Crippen molar-refractivity contribution >= 4 is 6.41 Å². The Morgan fingerprint density at radius 2 is 2.00 bits per heavy atom. The van der Waals surface area contributed by atoms with E-state index in [9.17, 15) is 0 Å². The van der Waals surface area contributed by atoms with Crippen LogP contribution in [0.5, 0.6) is 0 Å². The van der Waals surface area contributed by atoms with Gasteiger partial charge in [-0.05, 0) is 7.05 Å². The van der Waals surface area contributed by atoms with Crippen LogP contribution in [0.4, 0.5) is 0 Å². The molecule has 0 aromatic rings. The van der Waals surface area contributed by atoms with E-state index in [-0.39, 0.29) is 32.7 Å². The monoisotopic (exact) mass is 147 g/mol. The number of hydrogen-bond acceptors (Lipinski definition) is 1. The average Bonchev–Trinajstić information content (AvgIpc) is 1.37. The van der Waals surface area contributed by atoms with Crippen LogP contribution in [0.3, 0.4) is 0 Å². The quantitative estimate of drug-likeness (QED) is 0.384. The first-order valence-corrected chi connectivity index (χ1v) is 0.954. The molecule has 0 saturated heterocycles. The maximum atomic E-state index is 8.94. The summed E-state index contributed by atoms with van der Waals surface area (Å²) >= 11 is 0. The molecule has 0 atom stereocenters. The second kappa shape index (κ2) is 8.82. The molecule has 0 unspecified atom stereocenters.